The van der Waals surface area contributed by atoms with Crippen molar-refractivity contribution in [3.8, 4) is 5.75 Å². The molecule has 0 fully saturated rings. The average Bonchev–Trinajstić information content (AvgIpc) is 2.93. The van der Waals surface area contributed by atoms with Gasteiger partial charge in [-0.3, -0.25) is 13.9 Å². The summed E-state index contributed by atoms with van der Waals surface area (Å²) in [6, 6.07) is 23.5. The van der Waals surface area contributed by atoms with Gasteiger partial charge in [0.25, 0.3) is 0 Å². The Morgan fingerprint density at radius 3 is 2.12 bits per heavy atom. The number of sulfonamides is 1. The summed E-state index contributed by atoms with van der Waals surface area (Å²) in [5.74, 6) is 0.169. The Hall–Kier alpha value is -3.85. The summed E-state index contributed by atoms with van der Waals surface area (Å²) in [7, 11) is -2.05. The number of rotatable bonds is 13. The molecule has 8 nitrogen and oxygen atoms in total. The minimum absolute atomic E-state index is 0.0716. The summed E-state index contributed by atoms with van der Waals surface area (Å²) in [6.07, 6.45) is 1.85. The van der Waals surface area contributed by atoms with Crippen LogP contribution in [0.3, 0.4) is 0 Å². The van der Waals surface area contributed by atoms with Gasteiger partial charge in [0.2, 0.25) is 21.8 Å². The van der Waals surface area contributed by atoms with E-state index in [4.69, 9.17) is 4.74 Å². The number of aryl methyl sites for hydroxylation is 1. The van der Waals surface area contributed by atoms with Crippen LogP contribution in [0.1, 0.15) is 50.3 Å². The van der Waals surface area contributed by atoms with Crippen molar-refractivity contribution < 1.29 is 22.7 Å². The third-order valence-corrected chi connectivity index (χ3v) is 8.08. The largest absolute Gasteiger partial charge is 0.497 e. The number of nitrogens with one attached hydrogen (secondary N) is 1. The summed E-state index contributed by atoms with van der Waals surface area (Å²) in [4.78, 5) is 29.4. The molecule has 3 aromatic carbocycles. The van der Waals surface area contributed by atoms with Gasteiger partial charge in [-0.05, 0) is 75.1 Å². The third-order valence-electron chi connectivity index (χ3n) is 6.88. The number of hydrogen-bond donors (Lipinski definition) is 1. The molecule has 0 bridgehead atoms. The van der Waals surface area contributed by atoms with Crippen LogP contribution < -0.4 is 14.4 Å². The number of methoxy groups -OCH3 is 1. The minimum Gasteiger partial charge on any atom is -0.497 e. The summed E-state index contributed by atoms with van der Waals surface area (Å²) in [6.45, 7) is 8.10. The second-order valence-corrected chi connectivity index (χ2v) is 13.4. The zero-order chi connectivity index (χ0) is 30.9. The molecule has 0 aromatic heterocycles. The molecule has 0 radical (unpaired) electrons. The Morgan fingerprint density at radius 2 is 1.55 bits per heavy atom. The van der Waals surface area contributed by atoms with E-state index in [1.165, 1.54) is 4.31 Å². The number of ether oxygens (including phenoxy) is 1. The van der Waals surface area contributed by atoms with Gasteiger partial charge in [0.05, 0.1) is 19.1 Å². The molecule has 0 spiro atoms. The van der Waals surface area contributed by atoms with Crippen LogP contribution in [0, 0.1) is 6.92 Å². The highest BCUT2D eigenvalue weighted by atomic mass is 32.2. The molecule has 42 heavy (non-hydrogen) atoms. The molecule has 0 aliphatic rings. The zero-order valence-electron chi connectivity index (χ0n) is 25.5. The van der Waals surface area contributed by atoms with E-state index in [0.717, 1.165) is 22.9 Å². The molecule has 0 aliphatic carbocycles. The Morgan fingerprint density at radius 1 is 0.929 bits per heavy atom. The standard InChI is InChI=1S/C33H43N3O5S/c1-25-13-10-11-16-27(25)24-35(30(32(38)34-33(2,3)4)23-26-14-8-7-9-15-26)31(37)17-12-22-36(42(6,39)40)28-18-20-29(41-5)21-19-28/h7-11,13-16,18-21,30H,12,17,22-24H2,1-6H3,(H,34,38). The quantitative estimate of drug-likeness (QED) is 0.297. The van der Waals surface area contributed by atoms with Crippen molar-refractivity contribution in [1.82, 2.24) is 10.2 Å². The molecule has 0 saturated carbocycles. The van der Waals surface area contributed by atoms with Crippen LogP contribution in [-0.2, 0) is 32.6 Å². The van der Waals surface area contributed by atoms with E-state index in [0.29, 0.717) is 17.9 Å². The first-order valence-electron chi connectivity index (χ1n) is 14.1. The third kappa shape index (κ3) is 9.62. The second-order valence-electron chi connectivity index (χ2n) is 11.5. The Bertz CT molecular complexity index is 1430. The van der Waals surface area contributed by atoms with Gasteiger partial charge in [0, 0.05) is 31.5 Å². The number of anilines is 1. The SMILES string of the molecule is COc1ccc(N(CCCC(=O)N(Cc2ccccc2C)C(Cc2ccccc2)C(=O)NC(C)(C)C)S(C)(=O)=O)cc1. The smallest absolute Gasteiger partial charge is 0.243 e. The van der Waals surface area contributed by atoms with Crippen molar-refractivity contribution in [2.45, 2.75) is 65.1 Å². The fourth-order valence-electron chi connectivity index (χ4n) is 4.73. The number of nitrogens with zero attached hydrogens (tertiary/aromatic N) is 2. The maximum absolute atomic E-state index is 14.0. The summed E-state index contributed by atoms with van der Waals surface area (Å²) >= 11 is 0. The Kier molecular flexibility index (Phi) is 11.2. The van der Waals surface area contributed by atoms with Gasteiger partial charge in [-0.15, -0.1) is 0 Å². The zero-order valence-corrected chi connectivity index (χ0v) is 26.3. The van der Waals surface area contributed by atoms with Gasteiger partial charge in [0.15, 0.2) is 0 Å². The highest BCUT2D eigenvalue weighted by Gasteiger charge is 2.32. The molecule has 0 heterocycles. The van der Waals surface area contributed by atoms with E-state index < -0.39 is 21.6 Å². The van der Waals surface area contributed by atoms with Gasteiger partial charge in [-0.25, -0.2) is 8.42 Å². The summed E-state index contributed by atoms with van der Waals surface area (Å²) in [5.41, 5.74) is 2.92. The number of hydrogen-bond acceptors (Lipinski definition) is 5. The lowest BCUT2D eigenvalue weighted by atomic mass is 9.99. The molecule has 0 saturated heterocycles. The Labute approximate surface area is 250 Å². The van der Waals surface area contributed by atoms with E-state index >= 15 is 0 Å². The van der Waals surface area contributed by atoms with Gasteiger partial charge in [-0.2, -0.15) is 0 Å². The molecule has 0 aliphatic heterocycles. The van der Waals surface area contributed by atoms with Crippen molar-refractivity contribution >= 4 is 27.5 Å². The lowest BCUT2D eigenvalue weighted by molar-refractivity contribution is -0.142. The van der Waals surface area contributed by atoms with Crippen LogP contribution >= 0.6 is 0 Å². The highest BCUT2D eigenvalue weighted by Crippen LogP contribution is 2.23. The minimum atomic E-state index is -3.60. The van der Waals surface area contributed by atoms with Crippen molar-refractivity contribution in [1.29, 1.82) is 0 Å². The van der Waals surface area contributed by atoms with Gasteiger partial charge < -0.3 is 15.0 Å². The van der Waals surface area contributed by atoms with Gasteiger partial charge >= 0.3 is 0 Å². The fraction of sp³-hybridized carbons (Fsp3) is 0.394. The maximum atomic E-state index is 14.0. The molecule has 2 amide bonds. The lowest BCUT2D eigenvalue weighted by Gasteiger charge is -2.34. The van der Waals surface area contributed by atoms with Crippen LogP contribution in [0.4, 0.5) is 5.69 Å². The molecular formula is C33H43N3O5S. The van der Waals surface area contributed by atoms with Crippen LogP contribution in [-0.4, -0.2) is 56.6 Å². The Balaban J connectivity index is 1.90. The lowest BCUT2D eigenvalue weighted by Crippen LogP contribution is -2.54. The average molecular weight is 594 g/mol. The molecule has 3 rings (SSSR count). The van der Waals surface area contributed by atoms with Crippen LogP contribution in [0.5, 0.6) is 5.75 Å². The van der Waals surface area contributed by atoms with Crippen molar-refractivity contribution in [2.75, 3.05) is 24.2 Å². The van der Waals surface area contributed by atoms with Crippen LogP contribution in [0.25, 0.3) is 0 Å². The normalized spacial score (nSPS) is 12.3. The molecule has 1 atom stereocenters. The molecular weight excluding hydrogens is 550 g/mol. The number of benzene rings is 3. The van der Waals surface area contributed by atoms with Crippen LogP contribution in [0.2, 0.25) is 0 Å². The number of carbonyl (C=O) groups excluding carboxylic acids is 2. The van der Waals surface area contributed by atoms with E-state index in [1.54, 1.807) is 36.3 Å². The molecule has 226 valence electrons. The predicted octanol–water partition coefficient (Wildman–Crippen LogP) is 5.10. The molecule has 9 heteroatoms. The molecule has 1 N–H and O–H groups in total. The van der Waals surface area contributed by atoms with E-state index in [2.05, 4.69) is 5.32 Å². The van der Waals surface area contributed by atoms with Gasteiger partial charge in [0.1, 0.15) is 11.8 Å². The summed E-state index contributed by atoms with van der Waals surface area (Å²) in [5, 5.41) is 3.07. The first-order chi connectivity index (χ1) is 19.8. The maximum Gasteiger partial charge on any atom is 0.243 e. The summed E-state index contributed by atoms with van der Waals surface area (Å²) < 4.78 is 31.8. The van der Waals surface area contributed by atoms with E-state index in [1.807, 2.05) is 82.3 Å². The van der Waals surface area contributed by atoms with Crippen molar-refractivity contribution in [3.63, 3.8) is 0 Å². The molecule has 1 unspecified atom stereocenters. The van der Waals surface area contributed by atoms with Crippen molar-refractivity contribution in [3.05, 3.63) is 95.6 Å². The van der Waals surface area contributed by atoms with Crippen molar-refractivity contribution in [2.24, 2.45) is 0 Å². The topological polar surface area (TPSA) is 96.0 Å². The van der Waals surface area contributed by atoms with Crippen LogP contribution in [0.15, 0.2) is 78.9 Å². The van der Waals surface area contributed by atoms with E-state index in [-0.39, 0.29) is 37.7 Å². The monoisotopic (exact) mass is 593 g/mol. The number of amides is 2. The van der Waals surface area contributed by atoms with E-state index in [9.17, 15) is 18.0 Å². The molecule has 3 aromatic rings. The van der Waals surface area contributed by atoms with Gasteiger partial charge in [-0.1, -0.05) is 54.6 Å². The highest BCUT2D eigenvalue weighted by molar-refractivity contribution is 7.92. The first kappa shape index (κ1) is 32.7. The predicted molar refractivity (Wildman–Crippen MR) is 168 cm³/mol. The fourth-order valence-corrected chi connectivity index (χ4v) is 5.70. The first-order valence-corrected chi connectivity index (χ1v) is 15.9. The second kappa shape index (κ2) is 14.4. The number of carbonyl (C=O) groups is 2.